The molecule has 2 aliphatic rings. The van der Waals surface area contributed by atoms with Crippen LogP contribution in [0.5, 0.6) is 0 Å². The molecule has 0 aliphatic carbocycles. The smallest absolute Gasteiger partial charge is 0.330 e. The van der Waals surface area contributed by atoms with Crippen LogP contribution >= 0.6 is 0 Å². The number of anilines is 3. The predicted molar refractivity (Wildman–Crippen MR) is 157 cm³/mol. The first-order valence-electron chi connectivity index (χ1n) is 13.9. The highest BCUT2D eigenvalue weighted by molar-refractivity contribution is 6.08. The molecule has 4 aromatic rings. The minimum absolute atomic E-state index is 0.0279. The molecule has 4 heterocycles. The van der Waals surface area contributed by atoms with Gasteiger partial charge in [-0.2, -0.15) is 5.10 Å². The van der Waals surface area contributed by atoms with Crippen molar-refractivity contribution < 1.29 is 19.1 Å². The highest BCUT2D eigenvalue weighted by Gasteiger charge is 2.37. The van der Waals surface area contributed by atoms with Crippen molar-refractivity contribution in [3.8, 4) is 11.1 Å². The molecule has 0 spiro atoms. The Morgan fingerprint density at radius 2 is 1.86 bits per heavy atom. The summed E-state index contributed by atoms with van der Waals surface area (Å²) in [7, 11) is 0. The fourth-order valence-electron chi connectivity index (χ4n) is 5.58. The molecular weight excluding hydrogens is 539 g/mol. The molecule has 0 bridgehead atoms. The first-order chi connectivity index (χ1) is 20.4. The van der Waals surface area contributed by atoms with Crippen molar-refractivity contribution >= 4 is 34.6 Å². The number of nitrogens with zero attached hydrogens (tertiary/aromatic N) is 5. The molecule has 1 fully saturated rings. The summed E-state index contributed by atoms with van der Waals surface area (Å²) in [4.78, 5) is 32.9. The molecule has 2 aliphatic heterocycles. The van der Waals surface area contributed by atoms with Crippen LogP contribution in [0, 0.1) is 5.82 Å². The van der Waals surface area contributed by atoms with Crippen LogP contribution in [0.3, 0.4) is 0 Å². The number of piperidine rings is 1. The first kappa shape index (κ1) is 27.4. The molecule has 0 radical (unpaired) electrons. The number of aliphatic hydroxyl groups is 1. The maximum atomic E-state index is 13.5. The van der Waals surface area contributed by atoms with Crippen LogP contribution in [0.4, 0.5) is 26.4 Å². The minimum Gasteiger partial charge on any atom is -0.382 e. The number of halogens is 1. The van der Waals surface area contributed by atoms with E-state index in [1.807, 2.05) is 16.6 Å². The second kappa shape index (κ2) is 11.2. The van der Waals surface area contributed by atoms with Crippen molar-refractivity contribution in [2.75, 3.05) is 35.6 Å². The van der Waals surface area contributed by atoms with Gasteiger partial charge in [0.2, 0.25) is 0 Å². The summed E-state index contributed by atoms with van der Waals surface area (Å²) in [5, 5.41) is 21.7. The number of nitrogens with two attached hydrogens (primary N) is 1. The number of hydrogen-bond acceptors (Lipinski definition) is 7. The van der Waals surface area contributed by atoms with Crippen LogP contribution in [0.15, 0.2) is 72.7 Å². The molecule has 1 saturated heterocycles. The van der Waals surface area contributed by atoms with Gasteiger partial charge in [0.25, 0.3) is 5.91 Å². The van der Waals surface area contributed by atoms with E-state index in [-0.39, 0.29) is 17.8 Å². The van der Waals surface area contributed by atoms with Crippen molar-refractivity contribution in [2.45, 2.75) is 31.9 Å². The Labute approximate surface area is 241 Å². The van der Waals surface area contributed by atoms with Crippen molar-refractivity contribution in [2.24, 2.45) is 0 Å². The van der Waals surface area contributed by atoms with Gasteiger partial charge in [-0.25, -0.2) is 18.7 Å². The zero-order valence-electron chi connectivity index (χ0n) is 23.0. The number of aromatic nitrogens is 3. The summed E-state index contributed by atoms with van der Waals surface area (Å²) in [6.45, 7) is 3.91. The summed E-state index contributed by atoms with van der Waals surface area (Å²) >= 11 is 0. The van der Waals surface area contributed by atoms with E-state index in [1.54, 1.807) is 19.1 Å². The number of carbonyl (C=O) groups is 2. The topological polar surface area (TPSA) is 141 Å². The van der Waals surface area contributed by atoms with Gasteiger partial charge in [0.15, 0.2) is 12.0 Å². The van der Waals surface area contributed by atoms with E-state index in [4.69, 9.17) is 5.73 Å². The van der Waals surface area contributed by atoms with E-state index in [9.17, 15) is 19.1 Å². The SMILES string of the molecule is CCN1C=C(C(=O)Nc2ccc(-c3cc(C4CCNCC4)n4ncnc(N)c34)cc2)C(O)N(c2ccc(F)cc2)C1=O. The molecule has 2 aromatic carbocycles. The molecule has 12 heteroatoms. The summed E-state index contributed by atoms with van der Waals surface area (Å²) in [6.07, 6.45) is 3.25. The van der Waals surface area contributed by atoms with Crippen molar-refractivity contribution in [3.05, 3.63) is 84.2 Å². The van der Waals surface area contributed by atoms with Crippen LogP contribution in [-0.2, 0) is 4.79 Å². The van der Waals surface area contributed by atoms with Crippen molar-refractivity contribution in [1.82, 2.24) is 24.8 Å². The van der Waals surface area contributed by atoms with Crippen LogP contribution in [-0.4, -0.2) is 62.4 Å². The van der Waals surface area contributed by atoms with E-state index >= 15 is 0 Å². The number of benzene rings is 2. The van der Waals surface area contributed by atoms with E-state index < -0.39 is 24.0 Å². The number of urea groups is 1. The highest BCUT2D eigenvalue weighted by atomic mass is 19.1. The van der Waals surface area contributed by atoms with Gasteiger partial charge in [0.05, 0.1) is 5.57 Å². The molecule has 6 rings (SSSR count). The quantitative estimate of drug-likeness (QED) is 0.277. The van der Waals surface area contributed by atoms with Gasteiger partial charge in [0.1, 0.15) is 17.7 Å². The van der Waals surface area contributed by atoms with Crippen LogP contribution < -0.4 is 21.3 Å². The lowest BCUT2D eigenvalue weighted by molar-refractivity contribution is -0.113. The molecule has 3 amide bonds. The lowest BCUT2D eigenvalue weighted by Crippen LogP contribution is -2.53. The molecule has 1 unspecified atom stereocenters. The number of carbonyl (C=O) groups excluding carboxylic acids is 2. The Balaban J connectivity index is 1.26. The van der Waals surface area contributed by atoms with Gasteiger partial charge in [-0.05, 0) is 80.9 Å². The molecule has 5 N–H and O–H groups in total. The summed E-state index contributed by atoms with van der Waals surface area (Å²) in [5.41, 5.74) is 10.6. The van der Waals surface area contributed by atoms with Gasteiger partial charge in [0, 0.05) is 41.3 Å². The number of aliphatic hydroxyl groups excluding tert-OH is 1. The fourth-order valence-corrected chi connectivity index (χ4v) is 5.58. The molecule has 1 atom stereocenters. The van der Waals surface area contributed by atoms with E-state index in [0.29, 0.717) is 17.4 Å². The van der Waals surface area contributed by atoms with Gasteiger partial charge in [-0.1, -0.05) is 12.1 Å². The van der Waals surface area contributed by atoms with E-state index in [0.717, 1.165) is 53.2 Å². The lowest BCUT2D eigenvalue weighted by Gasteiger charge is -2.37. The van der Waals surface area contributed by atoms with Crippen molar-refractivity contribution in [3.63, 3.8) is 0 Å². The Morgan fingerprint density at radius 3 is 2.55 bits per heavy atom. The Hall–Kier alpha value is -4.81. The monoisotopic (exact) mass is 570 g/mol. The minimum atomic E-state index is -1.56. The fraction of sp³-hybridized carbons (Fsp3) is 0.267. The van der Waals surface area contributed by atoms with Gasteiger partial charge < -0.3 is 26.4 Å². The van der Waals surface area contributed by atoms with Gasteiger partial charge >= 0.3 is 6.03 Å². The third-order valence-electron chi connectivity index (χ3n) is 7.80. The third kappa shape index (κ3) is 4.95. The molecule has 11 nitrogen and oxygen atoms in total. The second-order valence-electron chi connectivity index (χ2n) is 10.3. The average Bonchev–Trinajstić information content (AvgIpc) is 3.40. The zero-order chi connectivity index (χ0) is 29.4. The summed E-state index contributed by atoms with van der Waals surface area (Å²) in [6, 6.07) is 14.0. The summed E-state index contributed by atoms with van der Waals surface area (Å²) in [5.74, 6) is -0.322. The maximum Gasteiger partial charge on any atom is 0.330 e. The normalized spacial score (nSPS) is 17.9. The Kier molecular flexibility index (Phi) is 7.31. The summed E-state index contributed by atoms with van der Waals surface area (Å²) < 4.78 is 15.4. The Morgan fingerprint density at radius 1 is 1.14 bits per heavy atom. The number of amides is 3. The van der Waals surface area contributed by atoms with Gasteiger partial charge in [-0.3, -0.25) is 9.69 Å². The van der Waals surface area contributed by atoms with E-state index in [2.05, 4.69) is 26.8 Å². The molecule has 0 saturated carbocycles. The highest BCUT2D eigenvalue weighted by Crippen LogP contribution is 2.36. The maximum absolute atomic E-state index is 13.5. The average molecular weight is 571 g/mol. The largest absolute Gasteiger partial charge is 0.382 e. The zero-order valence-corrected chi connectivity index (χ0v) is 23.0. The van der Waals surface area contributed by atoms with E-state index in [1.165, 1.54) is 41.7 Å². The van der Waals surface area contributed by atoms with Crippen LogP contribution in [0.1, 0.15) is 31.4 Å². The van der Waals surface area contributed by atoms with Crippen molar-refractivity contribution in [1.29, 1.82) is 0 Å². The number of rotatable bonds is 6. The number of nitrogens with one attached hydrogen (secondary N) is 2. The third-order valence-corrected chi connectivity index (χ3v) is 7.80. The second-order valence-corrected chi connectivity index (χ2v) is 10.3. The Bertz CT molecular complexity index is 1660. The molecule has 42 heavy (non-hydrogen) atoms. The molecule has 216 valence electrons. The lowest BCUT2D eigenvalue weighted by atomic mass is 9.94. The molecular formula is C30H31FN8O3. The predicted octanol–water partition coefficient (Wildman–Crippen LogP) is 3.69. The van der Waals surface area contributed by atoms with Crippen LogP contribution in [0.2, 0.25) is 0 Å². The van der Waals surface area contributed by atoms with Crippen LogP contribution in [0.25, 0.3) is 16.6 Å². The standard InChI is InChI=1S/C30H31FN8O3/c1-2-37-16-24(29(41)38(30(37)42)22-9-5-20(31)6-10-22)28(40)36-21-7-3-18(4-8-21)23-15-25(19-11-13-33-14-12-19)39-26(23)27(32)34-17-35-39/h3-10,15-17,19,29,33,41H,2,11-14H2,1H3,(H,36,40)(H2,32,34,35). The number of fused-ring (bicyclic) bond motifs is 1. The molecule has 2 aromatic heterocycles. The number of nitrogen functional groups attached to an aromatic ring is 1. The van der Waals surface area contributed by atoms with Gasteiger partial charge in [-0.15, -0.1) is 0 Å². The first-order valence-corrected chi connectivity index (χ1v) is 13.9. The number of hydrogen-bond donors (Lipinski definition) is 4.